The average molecular weight is 363 g/mol. The number of hydrogen-bond acceptors (Lipinski definition) is 4. The van der Waals surface area contributed by atoms with Crippen LogP contribution in [0.15, 0.2) is 54.6 Å². The zero-order valence-corrected chi connectivity index (χ0v) is 14.9. The summed E-state index contributed by atoms with van der Waals surface area (Å²) in [5.41, 5.74) is 1.37. The number of likely N-dealkylation sites (tertiary alicyclic amines) is 1. The van der Waals surface area contributed by atoms with E-state index in [0.29, 0.717) is 37.2 Å². The van der Waals surface area contributed by atoms with E-state index >= 15 is 0 Å². The van der Waals surface area contributed by atoms with Crippen molar-refractivity contribution in [2.45, 2.75) is 18.3 Å². The van der Waals surface area contributed by atoms with Crippen LogP contribution in [0.5, 0.6) is 0 Å². The molecule has 1 fully saturated rings. The van der Waals surface area contributed by atoms with Crippen molar-refractivity contribution >= 4 is 17.6 Å². The van der Waals surface area contributed by atoms with Gasteiger partial charge in [0, 0.05) is 18.8 Å². The Balaban J connectivity index is 1.74. The van der Waals surface area contributed by atoms with E-state index < -0.39 is 11.4 Å². The molecule has 0 bridgehead atoms. The summed E-state index contributed by atoms with van der Waals surface area (Å²) in [5.74, 6) is -1.14. The largest absolute Gasteiger partial charge is 0.480 e. The number of carbonyl (C=O) groups is 2. The molecule has 27 heavy (non-hydrogen) atoms. The summed E-state index contributed by atoms with van der Waals surface area (Å²) >= 11 is 0. The van der Waals surface area contributed by atoms with Crippen molar-refractivity contribution in [2.24, 2.45) is 0 Å². The van der Waals surface area contributed by atoms with E-state index in [1.54, 1.807) is 29.2 Å². The number of carbonyl (C=O) groups excluding carboxylic acids is 1. The predicted molar refractivity (Wildman–Crippen MR) is 101 cm³/mol. The minimum absolute atomic E-state index is 0.150. The molecule has 0 spiro atoms. The molecule has 138 valence electrons. The quantitative estimate of drug-likeness (QED) is 0.852. The molecule has 6 heteroatoms. The first-order chi connectivity index (χ1) is 13.1. The number of para-hydroxylation sites is 1. The number of benzene rings is 2. The van der Waals surface area contributed by atoms with Gasteiger partial charge >= 0.3 is 5.97 Å². The third kappa shape index (κ3) is 3.93. The van der Waals surface area contributed by atoms with Gasteiger partial charge < -0.3 is 15.3 Å². The Morgan fingerprint density at radius 2 is 1.70 bits per heavy atom. The van der Waals surface area contributed by atoms with Crippen LogP contribution in [0.2, 0.25) is 0 Å². The molecule has 0 saturated carbocycles. The number of aliphatic carboxylic acids is 1. The van der Waals surface area contributed by atoms with Crippen molar-refractivity contribution in [2.75, 3.05) is 25.0 Å². The lowest BCUT2D eigenvalue weighted by atomic mass is 9.74. The fourth-order valence-corrected chi connectivity index (χ4v) is 3.48. The lowest BCUT2D eigenvalue weighted by Crippen LogP contribution is -2.44. The minimum Gasteiger partial charge on any atom is -0.480 e. The van der Waals surface area contributed by atoms with E-state index in [1.807, 2.05) is 30.3 Å². The Bertz CT molecular complexity index is 866. The summed E-state index contributed by atoms with van der Waals surface area (Å²) in [7, 11) is 0. The van der Waals surface area contributed by atoms with Crippen LogP contribution < -0.4 is 5.32 Å². The Morgan fingerprint density at radius 1 is 1.07 bits per heavy atom. The maximum atomic E-state index is 13.0. The second kappa shape index (κ2) is 7.92. The molecule has 0 atom stereocenters. The number of carboxylic acid groups (broad SMARTS) is 1. The number of nitrogens with one attached hydrogen (secondary N) is 1. The maximum absolute atomic E-state index is 13.0. The van der Waals surface area contributed by atoms with Crippen LogP contribution in [0.25, 0.3) is 0 Å². The van der Waals surface area contributed by atoms with Crippen molar-refractivity contribution in [1.82, 2.24) is 4.90 Å². The van der Waals surface area contributed by atoms with E-state index in [1.165, 1.54) is 0 Å². The van der Waals surface area contributed by atoms with Gasteiger partial charge in [0.2, 0.25) is 0 Å². The molecule has 0 radical (unpaired) electrons. The third-order valence-electron chi connectivity index (χ3n) is 5.03. The SMILES string of the molecule is N#CC1(c2ccccc2)CCN(C(=O)c2ccccc2NCC(=O)O)CC1. The van der Waals surface area contributed by atoms with Gasteiger partial charge in [-0.3, -0.25) is 9.59 Å². The van der Waals surface area contributed by atoms with Crippen LogP contribution in [-0.2, 0) is 10.2 Å². The highest BCUT2D eigenvalue weighted by molar-refractivity contribution is 6.00. The number of anilines is 1. The average Bonchev–Trinajstić information content (AvgIpc) is 2.72. The van der Waals surface area contributed by atoms with Crippen molar-refractivity contribution in [3.63, 3.8) is 0 Å². The molecule has 2 aromatic carbocycles. The van der Waals surface area contributed by atoms with Gasteiger partial charge in [0.1, 0.15) is 6.54 Å². The van der Waals surface area contributed by atoms with Gasteiger partial charge in [0.15, 0.2) is 0 Å². The van der Waals surface area contributed by atoms with Gasteiger partial charge in [-0.25, -0.2) is 0 Å². The molecule has 6 nitrogen and oxygen atoms in total. The van der Waals surface area contributed by atoms with Gasteiger partial charge in [0.05, 0.1) is 17.0 Å². The summed E-state index contributed by atoms with van der Waals surface area (Å²) in [5, 5.41) is 21.4. The lowest BCUT2D eigenvalue weighted by molar-refractivity contribution is -0.134. The van der Waals surface area contributed by atoms with Crippen LogP contribution in [0.4, 0.5) is 5.69 Å². The van der Waals surface area contributed by atoms with Crippen LogP contribution in [0.3, 0.4) is 0 Å². The van der Waals surface area contributed by atoms with Gasteiger partial charge in [-0.15, -0.1) is 0 Å². The maximum Gasteiger partial charge on any atom is 0.322 e. The fraction of sp³-hybridized carbons (Fsp3) is 0.286. The zero-order chi connectivity index (χ0) is 19.3. The Kier molecular flexibility index (Phi) is 5.41. The molecule has 0 aliphatic carbocycles. The lowest BCUT2D eigenvalue weighted by Gasteiger charge is -2.37. The number of nitriles is 1. The summed E-state index contributed by atoms with van der Waals surface area (Å²) in [4.78, 5) is 25.5. The van der Waals surface area contributed by atoms with Crippen molar-refractivity contribution in [3.05, 3.63) is 65.7 Å². The first-order valence-corrected chi connectivity index (χ1v) is 8.86. The zero-order valence-electron chi connectivity index (χ0n) is 14.9. The van der Waals surface area contributed by atoms with E-state index in [9.17, 15) is 14.9 Å². The first-order valence-electron chi connectivity index (χ1n) is 8.86. The monoisotopic (exact) mass is 363 g/mol. The Labute approximate surface area is 158 Å². The van der Waals surface area contributed by atoms with Gasteiger partial charge in [-0.05, 0) is 30.5 Å². The number of piperidine rings is 1. The van der Waals surface area contributed by atoms with E-state index in [-0.39, 0.29) is 12.5 Å². The third-order valence-corrected chi connectivity index (χ3v) is 5.03. The number of amides is 1. The number of hydrogen-bond donors (Lipinski definition) is 2. The first kappa shape index (κ1) is 18.5. The summed E-state index contributed by atoms with van der Waals surface area (Å²) < 4.78 is 0. The number of rotatable bonds is 5. The van der Waals surface area contributed by atoms with E-state index in [0.717, 1.165) is 5.56 Å². The molecule has 2 N–H and O–H groups in total. The second-order valence-corrected chi connectivity index (χ2v) is 6.65. The van der Waals surface area contributed by atoms with E-state index in [2.05, 4.69) is 11.4 Å². The van der Waals surface area contributed by atoms with Crippen LogP contribution >= 0.6 is 0 Å². The van der Waals surface area contributed by atoms with Crippen molar-refractivity contribution < 1.29 is 14.7 Å². The highest BCUT2D eigenvalue weighted by Gasteiger charge is 2.38. The van der Waals surface area contributed by atoms with Gasteiger partial charge in [-0.1, -0.05) is 42.5 Å². The minimum atomic E-state index is -0.989. The number of nitrogens with zero attached hydrogens (tertiary/aromatic N) is 2. The predicted octanol–water partition coefficient (Wildman–Crippen LogP) is 2.88. The smallest absolute Gasteiger partial charge is 0.322 e. The molecule has 0 unspecified atom stereocenters. The van der Waals surface area contributed by atoms with Crippen LogP contribution in [0, 0.1) is 11.3 Å². The fourth-order valence-electron chi connectivity index (χ4n) is 3.48. The van der Waals surface area contributed by atoms with Gasteiger partial charge in [0.25, 0.3) is 5.91 Å². The molecular formula is C21H21N3O3. The Morgan fingerprint density at radius 3 is 2.33 bits per heavy atom. The van der Waals surface area contributed by atoms with Crippen molar-refractivity contribution in [3.8, 4) is 6.07 Å². The molecule has 1 amide bonds. The van der Waals surface area contributed by atoms with Crippen molar-refractivity contribution in [1.29, 1.82) is 5.26 Å². The molecular weight excluding hydrogens is 342 g/mol. The summed E-state index contributed by atoms with van der Waals surface area (Å²) in [6.45, 7) is 0.707. The normalized spacial score (nSPS) is 15.6. The highest BCUT2D eigenvalue weighted by atomic mass is 16.4. The van der Waals surface area contributed by atoms with E-state index in [4.69, 9.17) is 5.11 Å². The standard InChI is InChI=1S/C21H21N3O3/c22-15-21(16-6-2-1-3-7-16)10-12-24(13-11-21)20(27)17-8-4-5-9-18(17)23-14-19(25)26/h1-9,23H,10-14H2,(H,25,26). The molecule has 1 saturated heterocycles. The van der Waals surface area contributed by atoms with Crippen LogP contribution in [-0.4, -0.2) is 41.5 Å². The molecule has 3 rings (SSSR count). The van der Waals surface area contributed by atoms with Gasteiger partial charge in [-0.2, -0.15) is 5.26 Å². The topological polar surface area (TPSA) is 93.4 Å². The Hall–Kier alpha value is -3.33. The molecule has 1 aliphatic heterocycles. The molecule has 1 aliphatic rings. The number of carboxylic acids is 1. The molecule has 1 heterocycles. The summed E-state index contributed by atoms with van der Waals surface area (Å²) in [6.07, 6.45) is 1.15. The molecule has 2 aromatic rings. The summed E-state index contributed by atoms with van der Waals surface area (Å²) in [6, 6.07) is 19.1. The highest BCUT2D eigenvalue weighted by Crippen LogP contribution is 2.35. The second-order valence-electron chi connectivity index (χ2n) is 6.65. The molecule has 0 aromatic heterocycles. The van der Waals surface area contributed by atoms with Crippen LogP contribution in [0.1, 0.15) is 28.8 Å².